The van der Waals surface area contributed by atoms with Gasteiger partial charge in [0.15, 0.2) is 0 Å². The number of hydrogen-bond donors (Lipinski definition) is 1. The quantitative estimate of drug-likeness (QED) is 0.678. The van der Waals surface area contributed by atoms with E-state index in [1.807, 2.05) is 38.1 Å². The molecule has 0 aromatic heterocycles. The summed E-state index contributed by atoms with van der Waals surface area (Å²) < 4.78 is 27.6. The van der Waals surface area contributed by atoms with Crippen LogP contribution >= 0.6 is 11.8 Å². The van der Waals surface area contributed by atoms with Crippen molar-refractivity contribution in [1.82, 2.24) is 4.31 Å². The highest BCUT2D eigenvalue weighted by Gasteiger charge is 2.30. The van der Waals surface area contributed by atoms with Crippen LogP contribution < -0.4 is 10.2 Å². The molecule has 1 fully saturated rings. The first-order chi connectivity index (χ1) is 14.9. The zero-order valence-electron chi connectivity index (χ0n) is 18.0. The van der Waals surface area contributed by atoms with Crippen molar-refractivity contribution in [2.75, 3.05) is 36.4 Å². The smallest absolute Gasteiger partial charge is 0.243 e. The molecule has 166 valence electrons. The minimum atomic E-state index is -3.60. The lowest BCUT2D eigenvalue weighted by Crippen LogP contribution is -2.31. The van der Waals surface area contributed by atoms with E-state index in [0.717, 1.165) is 36.5 Å². The Morgan fingerprint density at radius 1 is 1.13 bits per heavy atom. The third kappa shape index (κ3) is 4.47. The third-order valence-electron chi connectivity index (χ3n) is 5.96. The molecule has 1 unspecified atom stereocenters. The molecule has 4 rings (SSSR count). The molecule has 1 saturated heterocycles. The summed E-state index contributed by atoms with van der Waals surface area (Å²) in [7, 11) is -3.60. The van der Waals surface area contributed by atoms with E-state index in [4.69, 9.17) is 0 Å². The second-order valence-corrected chi connectivity index (χ2v) is 11.1. The van der Waals surface area contributed by atoms with Crippen molar-refractivity contribution < 1.29 is 13.2 Å². The number of amides is 1. The number of anilines is 2. The average Bonchev–Trinajstić information content (AvgIpc) is 3.44. The molecule has 2 aliphatic heterocycles. The van der Waals surface area contributed by atoms with Crippen molar-refractivity contribution in [2.45, 2.75) is 48.2 Å². The van der Waals surface area contributed by atoms with Gasteiger partial charge >= 0.3 is 0 Å². The summed E-state index contributed by atoms with van der Waals surface area (Å²) in [5.74, 6) is -0.0842. The molecule has 1 amide bonds. The third-order valence-corrected chi connectivity index (χ3v) is 9.32. The number of benzene rings is 2. The molecular formula is C23H29N3O3S2. The van der Waals surface area contributed by atoms with Gasteiger partial charge in [-0.2, -0.15) is 4.31 Å². The summed E-state index contributed by atoms with van der Waals surface area (Å²) in [6.07, 6.45) is 2.88. The van der Waals surface area contributed by atoms with Crippen LogP contribution in [0.3, 0.4) is 0 Å². The Labute approximate surface area is 189 Å². The van der Waals surface area contributed by atoms with Gasteiger partial charge in [0.1, 0.15) is 0 Å². The lowest BCUT2D eigenvalue weighted by molar-refractivity contribution is -0.115. The standard InChI is InChI=1S/C23H29N3O3S2/c1-3-26(4-2)31(28,29)18-11-12-20(25-13-7-8-14-25)19(16-18)24-23(27)22-15-17-9-5-6-10-21(17)30-22/h5-6,9-12,16,22H,3-4,7-8,13-15H2,1-2H3,(H,24,27). The lowest BCUT2D eigenvalue weighted by atomic mass is 10.1. The number of fused-ring (bicyclic) bond motifs is 1. The first-order valence-corrected chi connectivity index (χ1v) is 13.2. The van der Waals surface area contributed by atoms with E-state index in [2.05, 4.69) is 16.3 Å². The second-order valence-electron chi connectivity index (χ2n) is 7.87. The maximum atomic E-state index is 13.1. The highest BCUT2D eigenvalue weighted by Crippen LogP contribution is 2.38. The Kier molecular flexibility index (Phi) is 6.60. The Bertz CT molecular complexity index is 1040. The summed E-state index contributed by atoms with van der Waals surface area (Å²) >= 11 is 1.57. The van der Waals surface area contributed by atoms with Crippen LogP contribution in [0.1, 0.15) is 32.3 Å². The molecule has 0 bridgehead atoms. The fraction of sp³-hybridized carbons (Fsp3) is 0.435. The largest absolute Gasteiger partial charge is 0.370 e. The van der Waals surface area contributed by atoms with Crippen molar-refractivity contribution in [3.8, 4) is 0 Å². The van der Waals surface area contributed by atoms with Crippen LogP contribution in [-0.2, 0) is 21.2 Å². The molecular weight excluding hydrogens is 430 g/mol. The summed E-state index contributed by atoms with van der Waals surface area (Å²) in [5.41, 5.74) is 2.66. The SMILES string of the molecule is CCN(CC)S(=O)(=O)c1ccc(N2CCCC2)c(NC(=O)C2Cc3ccccc3S2)c1. The summed E-state index contributed by atoms with van der Waals surface area (Å²) in [6, 6.07) is 13.2. The van der Waals surface area contributed by atoms with Gasteiger partial charge < -0.3 is 10.2 Å². The molecule has 31 heavy (non-hydrogen) atoms. The highest BCUT2D eigenvalue weighted by molar-refractivity contribution is 8.01. The van der Waals surface area contributed by atoms with Gasteiger partial charge in [0, 0.05) is 31.1 Å². The summed E-state index contributed by atoms with van der Waals surface area (Å²) in [4.78, 5) is 16.7. The maximum Gasteiger partial charge on any atom is 0.243 e. The molecule has 0 saturated carbocycles. The minimum absolute atomic E-state index is 0.0842. The summed E-state index contributed by atoms with van der Waals surface area (Å²) in [5, 5.41) is 2.85. The Hall–Kier alpha value is -2.03. The van der Waals surface area contributed by atoms with Crippen LogP contribution in [0.2, 0.25) is 0 Å². The molecule has 8 heteroatoms. The van der Waals surface area contributed by atoms with E-state index in [-0.39, 0.29) is 16.1 Å². The second kappa shape index (κ2) is 9.22. The van der Waals surface area contributed by atoms with Gasteiger partial charge in [-0.05, 0) is 49.1 Å². The minimum Gasteiger partial charge on any atom is -0.370 e. The van der Waals surface area contributed by atoms with Gasteiger partial charge in [-0.15, -0.1) is 11.8 Å². The Morgan fingerprint density at radius 2 is 1.84 bits per heavy atom. The summed E-state index contributed by atoms with van der Waals surface area (Å²) in [6.45, 7) is 6.30. The van der Waals surface area contributed by atoms with Crippen molar-refractivity contribution in [2.24, 2.45) is 0 Å². The molecule has 2 heterocycles. The van der Waals surface area contributed by atoms with Crippen LogP contribution in [0, 0.1) is 0 Å². The molecule has 6 nitrogen and oxygen atoms in total. The van der Waals surface area contributed by atoms with Gasteiger partial charge in [-0.1, -0.05) is 32.0 Å². The normalized spacial score (nSPS) is 18.4. The topological polar surface area (TPSA) is 69.7 Å². The van der Waals surface area contributed by atoms with Gasteiger partial charge in [-0.3, -0.25) is 4.79 Å². The number of hydrogen-bond acceptors (Lipinski definition) is 5. The molecule has 1 N–H and O–H groups in total. The number of sulfonamides is 1. The fourth-order valence-electron chi connectivity index (χ4n) is 4.26. The molecule has 0 aliphatic carbocycles. The number of carbonyl (C=O) groups excluding carboxylic acids is 1. The molecule has 2 aromatic rings. The van der Waals surface area contributed by atoms with Crippen molar-refractivity contribution >= 4 is 39.1 Å². The Balaban J connectivity index is 1.63. The van der Waals surface area contributed by atoms with Gasteiger partial charge in [-0.25, -0.2) is 8.42 Å². The molecule has 0 spiro atoms. The maximum absolute atomic E-state index is 13.1. The number of thioether (sulfide) groups is 1. The number of carbonyl (C=O) groups is 1. The first kappa shape index (κ1) is 22.2. The molecule has 2 aliphatic rings. The van der Waals surface area contributed by atoms with Crippen LogP contribution in [0.25, 0.3) is 0 Å². The monoisotopic (exact) mass is 459 g/mol. The van der Waals surface area contributed by atoms with E-state index in [1.165, 1.54) is 9.87 Å². The number of rotatable bonds is 7. The zero-order valence-corrected chi connectivity index (χ0v) is 19.6. The van der Waals surface area contributed by atoms with Gasteiger partial charge in [0.2, 0.25) is 15.9 Å². The van der Waals surface area contributed by atoms with Crippen LogP contribution in [0.5, 0.6) is 0 Å². The van der Waals surface area contributed by atoms with Gasteiger partial charge in [0.05, 0.1) is 21.5 Å². The van der Waals surface area contributed by atoms with Crippen molar-refractivity contribution in [3.63, 3.8) is 0 Å². The molecule has 1 atom stereocenters. The Morgan fingerprint density at radius 3 is 2.52 bits per heavy atom. The molecule has 2 aromatic carbocycles. The van der Waals surface area contributed by atoms with E-state index >= 15 is 0 Å². The zero-order chi connectivity index (χ0) is 22.0. The highest BCUT2D eigenvalue weighted by atomic mass is 32.2. The van der Waals surface area contributed by atoms with Crippen LogP contribution in [-0.4, -0.2) is 50.1 Å². The van der Waals surface area contributed by atoms with Crippen LogP contribution in [0.4, 0.5) is 11.4 Å². The van der Waals surface area contributed by atoms with Crippen LogP contribution in [0.15, 0.2) is 52.3 Å². The van der Waals surface area contributed by atoms with Crippen molar-refractivity contribution in [3.05, 3.63) is 48.0 Å². The van der Waals surface area contributed by atoms with E-state index in [9.17, 15) is 13.2 Å². The number of nitrogens with zero attached hydrogens (tertiary/aromatic N) is 2. The van der Waals surface area contributed by atoms with E-state index < -0.39 is 10.0 Å². The number of nitrogens with one attached hydrogen (secondary N) is 1. The molecule has 0 radical (unpaired) electrons. The lowest BCUT2D eigenvalue weighted by Gasteiger charge is -2.24. The van der Waals surface area contributed by atoms with Gasteiger partial charge in [0.25, 0.3) is 0 Å². The fourth-order valence-corrected chi connectivity index (χ4v) is 6.94. The van der Waals surface area contributed by atoms with Crippen molar-refractivity contribution in [1.29, 1.82) is 0 Å². The van der Waals surface area contributed by atoms with E-state index in [1.54, 1.807) is 23.9 Å². The van der Waals surface area contributed by atoms with E-state index in [0.29, 0.717) is 25.2 Å². The average molecular weight is 460 g/mol. The first-order valence-electron chi connectivity index (χ1n) is 10.9. The predicted octanol–water partition coefficient (Wildman–Crippen LogP) is 3.97. The predicted molar refractivity (Wildman–Crippen MR) is 126 cm³/mol.